The number of aryl methyl sites for hydroxylation is 1. The van der Waals surface area contributed by atoms with Gasteiger partial charge in [0.1, 0.15) is 5.82 Å². The molecule has 1 atom stereocenters. The van der Waals surface area contributed by atoms with Crippen molar-refractivity contribution in [2.75, 3.05) is 13.1 Å². The standard InChI is InChI=1S/C27H31F2N3O2/c1-3-4-10-23(33)17-31(16-20-11-12-20)18-24-19(2)30-32(22-8-6-5-7-9-22)27(24)34-26-14-13-21(28)15-25(26)29/h3,5-9,13-15,20,23,33H,1,4,10-12,16-18H2,2H3. The van der Waals surface area contributed by atoms with Gasteiger partial charge >= 0.3 is 0 Å². The fourth-order valence-electron chi connectivity index (χ4n) is 4.02. The molecular weight excluding hydrogens is 436 g/mol. The van der Waals surface area contributed by atoms with Gasteiger partial charge in [0.25, 0.3) is 0 Å². The van der Waals surface area contributed by atoms with Crippen molar-refractivity contribution in [1.29, 1.82) is 0 Å². The van der Waals surface area contributed by atoms with Gasteiger partial charge in [-0.05, 0) is 62.8 Å². The van der Waals surface area contributed by atoms with Crippen LogP contribution in [0.3, 0.4) is 0 Å². The molecule has 1 N–H and O–H groups in total. The number of para-hydroxylation sites is 1. The molecule has 0 aliphatic heterocycles. The van der Waals surface area contributed by atoms with E-state index >= 15 is 0 Å². The Hall–Kier alpha value is -3.03. The molecular formula is C27H31F2N3O2. The van der Waals surface area contributed by atoms with E-state index in [1.54, 1.807) is 4.68 Å². The van der Waals surface area contributed by atoms with Crippen molar-refractivity contribution in [3.05, 3.63) is 84.1 Å². The largest absolute Gasteiger partial charge is 0.435 e. The minimum absolute atomic E-state index is 0.0699. The van der Waals surface area contributed by atoms with E-state index in [9.17, 15) is 13.9 Å². The third-order valence-corrected chi connectivity index (χ3v) is 6.01. The Labute approximate surface area is 199 Å². The van der Waals surface area contributed by atoms with Gasteiger partial charge in [0.2, 0.25) is 5.88 Å². The van der Waals surface area contributed by atoms with E-state index in [1.165, 1.54) is 25.0 Å². The third kappa shape index (κ3) is 6.10. The second-order valence-corrected chi connectivity index (χ2v) is 8.95. The van der Waals surface area contributed by atoms with Crippen molar-refractivity contribution in [1.82, 2.24) is 14.7 Å². The van der Waals surface area contributed by atoms with Crippen LogP contribution in [0.4, 0.5) is 8.78 Å². The van der Waals surface area contributed by atoms with Gasteiger partial charge in [0.15, 0.2) is 11.6 Å². The molecule has 1 heterocycles. The molecule has 1 fully saturated rings. The van der Waals surface area contributed by atoms with Gasteiger partial charge in [-0.2, -0.15) is 5.10 Å². The zero-order valence-corrected chi connectivity index (χ0v) is 19.5. The van der Waals surface area contributed by atoms with Gasteiger partial charge in [-0.25, -0.2) is 13.5 Å². The lowest BCUT2D eigenvalue weighted by molar-refractivity contribution is 0.0991. The second kappa shape index (κ2) is 10.9. The lowest BCUT2D eigenvalue weighted by Crippen LogP contribution is -2.34. The maximum atomic E-state index is 14.5. The van der Waals surface area contributed by atoms with Crippen molar-refractivity contribution in [3.8, 4) is 17.3 Å². The average molecular weight is 468 g/mol. The molecule has 5 nitrogen and oxygen atoms in total. The number of rotatable bonds is 12. The van der Waals surface area contributed by atoms with Crippen LogP contribution in [0.15, 0.2) is 61.2 Å². The zero-order valence-electron chi connectivity index (χ0n) is 19.5. The molecule has 180 valence electrons. The fourth-order valence-corrected chi connectivity index (χ4v) is 4.02. The number of aromatic nitrogens is 2. The lowest BCUT2D eigenvalue weighted by atomic mass is 10.1. The Morgan fingerprint density at radius 2 is 2.00 bits per heavy atom. The molecule has 1 aliphatic rings. The van der Waals surface area contributed by atoms with Gasteiger partial charge < -0.3 is 9.84 Å². The van der Waals surface area contributed by atoms with Crippen LogP contribution in [0.5, 0.6) is 11.6 Å². The normalized spacial score (nSPS) is 14.4. The van der Waals surface area contributed by atoms with Crippen molar-refractivity contribution in [2.45, 2.75) is 45.3 Å². The van der Waals surface area contributed by atoms with Crippen molar-refractivity contribution < 1.29 is 18.6 Å². The highest BCUT2D eigenvalue weighted by Crippen LogP contribution is 2.35. The number of halogens is 2. The van der Waals surface area contributed by atoms with Crippen LogP contribution in [0.1, 0.15) is 36.9 Å². The average Bonchev–Trinajstić information content (AvgIpc) is 3.58. The molecule has 1 unspecified atom stereocenters. The fraction of sp³-hybridized carbons (Fsp3) is 0.370. The highest BCUT2D eigenvalue weighted by atomic mass is 19.1. The summed E-state index contributed by atoms with van der Waals surface area (Å²) < 4.78 is 35.7. The first-order valence-corrected chi connectivity index (χ1v) is 11.7. The summed E-state index contributed by atoms with van der Waals surface area (Å²) in [5, 5.41) is 15.2. The molecule has 1 saturated carbocycles. The smallest absolute Gasteiger partial charge is 0.227 e. The topological polar surface area (TPSA) is 50.5 Å². The SMILES string of the molecule is C=CCCC(O)CN(Cc1c(C)nn(-c2ccccc2)c1Oc1ccc(F)cc1F)CC1CC1. The zero-order chi connectivity index (χ0) is 24.1. The van der Waals surface area contributed by atoms with Crippen LogP contribution in [-0.4, -0.2) is 39.0 Å². The maximum absolute atomic E-state index is 14.5. The molecule has 0 spiro atoms. The van der Waals surface area contributed by atoms with E-state index in [2.05, 4.69) is 11.5 Å². The van der Waals surface area contributed by atoms with E-state index in [0.29, 0.717) is 31.3 Å². The Balaban J connectivity index is 1.68. The van der Waals surface area contributed by atoms with Crippen LogP contribution >= 0.6 is 0 Å². The molecule has 1 aliphatic carbocycles. The molecule has 2 aromatic carbocycles. The predicted octanol–water partition coefficient (Wildman–Crippen LogP) is 5.79. The van der Waals surface area contributed by atoms with Gasteiger partial charge in [0.05, 0.1) is 23.0 Å². The quantitative estimate of drug-likeness (QED) is 0.343. The van der Waals surface area contributed by atoms with Crippen LogP contribution < -0.4 is 4.74 Å². The lowest BCUT2D eigenvalue weighted by Gasteiger charge is -2.25. The third-order valence-electron chi connectivity index (χ3n) is 6.01. The number of nitrogens with zero attached hydrogens (tertiary/aromatic N) is 3. The maximum Gasteiger partial charge on any atom is 0.227 e. The minimum atomic E-state index is -0.779. The summed E-state index contributed by atoms with van der Waals surface area (Å²) in [5.74, 6) is -0.508. The van der Waals surface area contributed by atoms with E-state index in [-0.39, 0.29) is 5.75 Å². The number of aliphatic hydroxyl groups excluding tert-OH is 1. The van der Waals surface area contributed by atoms with E-state index in [1.807, 2.05) is 43.3 Å². The Kier molecular flexibility index (Phi) is 7.75. The highest BCUT2D eigenvalue weighted by molar-refractivity contribution is 5.43. The Morgan fingerprint density at radius 3 is 2.68 bits per heavy atom. The number of hydrogen-bond donors (Lipinski definition) is 1. The minimum Gasteiger partial charge on any atom is -0.435 e. The van der Waals surface area contributed by atoms with Gasteiger partial charge in [-0.1, -0.05) is 24.3 Å². The Bertz CT molecular complexity index is 1110. The molecule has 0 bridgehead atoms. The molecule has 3 aromatic rings. The van der Waals surface area contributed by atoms with Crippen LogP contribution in [0.25, 0.3) is 5.69 Å². The summed E-state index contributed by atoms with van der Waals surface area (Å²) in [5.41, 5.74) is 2.33. The molecule has 0 amide bonds. The molecule has 0 radical (unpaired) electrons. The number of allylic oxidation sites excluding steroid dienone is 1. The van der Waals surface area contributed by atoms with Crippen molar-refractivity contribution >= 4 is 0 Å². The molecule has 7 heteroatoms. The number of hydrogen-bond acceptors (Lipinski definition) is 4. The van der Waals surface area contributed by atoms with Crippen molar-refractivity contribution in [3.63, 3.8) is 0 Å². The Morgan fingerprint density at radius 1 is 1.24 bits per heavy atom. The van der Waals surface area contributed by atoms with Gasteiger partial charge in [0, 0.05) is 25.7 Å². The first-order chi connectivity index (χ1) is 16.4. The second-order valence-electron chi connectivity index (χ2n) is 8.95. The van der Waals surface area contributed by atoms with Crippen LogP contribution in [0, 0.1) is 24.5 Å². The summed E-state index contributed by atoms with van der Waals surface area (Å²) in [6, 6.07) is 12.7. The van der Waals surface area contributed by atoms with E-state index < -0.39 is 17.7 Å². The van der Waals surface area contributed by atoms with Gasteiger partial charge in [-0.3, -0.25) is 4.90 Å². The van der Waals surface area contributed by atoms with Crippen molar-refractivity contribution in [2.24, 2.45) is 5.92 Å². The van der Waals surface area contributed by atoms with E-state index in [4.69, 9.17) is 9.84 Å². The first-order valence-electron chi connectivity index (χ1n) is 11.7. The summed E-state index contributed by atoms with van der Waals surface area (Å²) >= 11 is 0. The summed E-state index contributed by atoms with van der Waals surface area (Å²) in [6.45, 7) is 7.52. The number of ether oxygens (including phenoxy) is 1. The van der Waals surface area contributed by atoms with Gasteiger partial charge in [-0.15, -0.1) is 6.58 Å². The highest BCUT2D eigenvalue weighted by Gasteiger charge is 2.28. The molecule has 34 heavy (non-hydrogen) atoms. The molecule has 1 aromatic heterocycles. The first kappa shape index (κ1) is 24.1. The number of benzene rings is 2. The van der Waals surface area contributed by atoms with E-state index in [0.717, 1.165) is 36.0 Å². The summed E-state index contributed by atoms with van der Waals surface area (Å²) in [7, 11) is 0. The molecule has 0 saturated heterocycles. The monoisotopic (exact) mass is 467 g/mol. The predicted molar refractivity (Wildman–Crippen MR) is 128 cm³/mol. The van der Waals surface area contributed by atoms with Crippen LogP contribution in [-0.2, 0) is 6.54 Å². The van der Waals surface area contributed by atoms with Crippen LogP contribution in [0.2, 0.25) is 0 Å². The summed E-state index contributed by atoms with van der Waals surface area (Å²) in [4.78, 5) is 2.22. The molecule has 4 rings (SSSR count). The summed E-state index contributed by atoms with van der Waals surface area (Å²) in [6.07, 6.45) is 5.11. The number of aliphatic hydroxyl groups is 1.